The first-order valence-electron chi connectivity index (χ1n) is 9.94. The lowest BCUT2D eigenvalue weighted by molar-refractivity contribution is -0.132. The van der Waals surface area contributed by atoms with Gasteiger partial charge in [0.25, 0.3) is 0 Å². The number of rotatable bonds is 6. The fourth-order valence-electron chi connectivity index (χ4n) is 3.84. The number of piperidine rings is 1. The number of amides is 1. The number of ether oxygens (including phenoxy) is 1. The number of hydrogen-bond donors (Lipinski definition) is 0. The van der Waals surface area contributed by atoms with E-state index in [1.807, 2.05) is 39.9 Å². The molecule has 29 heavy (non-hydrogen) atoms. The molecule has 150 valence electrons. The maximum absolute atomic E-state index is 12.8. The van der Waals surface area contributed by atoms with E-state index < -0.39 is 0 Å². The molecule has 1 saturated heterocycles. The molecule has 0 saturated carbocycles. The second-order valence-electron chi connectivity index (χ2n) is 7.26. The van der Waals surface area contributed by atoms with Gasteiger partial charge in [0, 0.05) is 50.2 Å². The van der Waals surface area contributed by atoms with Gasteiger partial charge in [-0.15, -0.1) is 0 Å². The summed E-state index contributed by atoms with van der Waals surface area (Å²) in [6.07, 6.45) is 12.0. The summed E-state index contributed by atoms with van der Waals surface area (Å²) in [6.45, 7) is 1.49. The van der Waals surface area contributed by atoms with Crippen LogP contribution in [0.5, 0.6) is 5.75 Å². The molecule has 0 N–H and O–H groups in total. The molecule has 1 amide bonds. The Balaban J connectivity index is 1.41. The van der Waals surface area contributed by atoms with Crippen molar-refractivity contribution in [1.29, 1.82) is 0 Å². The van der Waals surface area contributed by atoms with Crippen molar-refractivity contribution >= 4 is 5.91 Å². The minimum absolute atomic E-state index is 0.180. The van der Waals surface area contributed by atoms with Crippen molar-refractivity contribution in [3.63, 3.8) is 0 Å². The zero-order valence-electron chi connectivity index (χ0n) is 16.6. The lowest BCUT2D eigenvalue weighted by Crippen LogP contribution is -2.39. The van der Waals surface area contributed by atoms with Crippen LogP contribution in [-0.2, 0) is 11.2 Å². The predicted molar refractivity (Wildman–Crippen MR) is 109 cm³/mol. The Morgan fingerprint density at radius 2 is 2.00 bits per heavy atom. The lowest BCUT2D eigenvalue weighted by atomic mass is 9.93. The van der Waals surface area contributed by atoms with Crippen LogP contribution in [0.3, 0.4) is 0 Å². The smallest absolute Gasteiger partial charge is 0.222 e. The van der Waals surface area contributed by atoms with E-state index in [2.05, 4.69) is 15.0 Å². The highest BCUT2D eigenvalue weighted by Gasteiger charge is 2.27. The number of carbonyl (C=O) groups is 1. The fraction of sp³-hybridized carbons (Fsp3) is 0.364. The molecule has 4 rings (SSSR count). The van der Waals surface area contributed by atoms with Crippen LogP contribution in [0.2, 0.25) is 0 Å². The minimum Gasteiger partial charge on any atom is -0.497 e. The summed E-state index contributed by atoms with van der Waals surface area (Å²) in [5.74, 6) is 2.00. The van der Waals surface area contributed by atoms with Crippen molar-refractivity contribution in [3.8, 4) is 11.6 Å². The lowest BCUT2D eigenvalue weighted by Gasteiger charge is -2.33. The number of likely N-dealkylation sites (tertiary alicyclic amines) is 1. The molecule has 7 heteroatoms. The highest BCUT2D eigenvalue weighted by molar-refractivity contribution is 5.76. The van der Waals surface area contributed by atoms with E-state index in [1.165, 1.54) is 0 Å². The van der Waals surface area contributed by atoms with Crippen LogP contribution >= 0.6 is 0 Å². The van der Waals surface area contributed by atoms with Gasteiger partial charge in [-0.1, -0.05) is 12.1 Å². The number of carbonyl (C=O) groups excluding carboxylic acids is 1. The van der Waals surface area contributed by atoms with E-state index in [4.69, 9.17) is 4.74 Å². The van der Waals surface area contributed by atoms with Crippen molar-refractivity contribution < 1.29 is 9.53 Å². The number of hydrogen-bond acceptors (Lipinski definition) is 5. The van der Waals surface area contributed by atoms with Crippen LogP contribution in [0, 0.1) is 0 Å². The molecule has 0 bridgehead atoms. The molecule has 3 heterocycles. The predicted octanol–water partition coefficient (Wildman–Crippen LogP) is 3.01. The Hall–Kier alpha value is -3.22. The number of nitrogens with zero attached hydrogens (tertiary/aromatic N) is 5. The standard InChI is InChI=1S/C22H25N5O2/c1-29-19-7-4-17(5-8-19)6-9-20(28)26-13-2-3-18(15-26)21-22(25-11-10-24-21)27-14-12-23-16-27/h4-5,7-8,10-12,14,16,18H,2-3,6,9,13,15H2,1H3/t18-/m0/s1. The molecular formula is C22H25N5O2. The molecule has 2 aromatic heterocycles. The fourth-order valence-corrected chi connectivity index (χ4v) is 3.84. The van der Waals surface area contributed by atoms with Crippen LogP contribution in [0.4, 0.5) is 0 Å². The zero-order chi connectivity index (χ0) is 20.1. The SMILES string of the molecule is COc1ccc(CCC(=O)N2CCC[C@H](c3nccnc3-n3ccnc3)C2)cc1. The maximum atomic E-state index is 12.8. The van der Waals surface area contributed by atoms with Gasteiger partial charge in [-0.3, -0.25) is 14.3 Å². The second-order valence-corrected chi connectivity index (χ2v) is 7.26. The van der Waals surface area contributed by atoms with Gasteiger partial charge in [0.1, 0.15) is 12.1 Å². The number of aryl methyl sites for hydroxylation is 1. The molecule has 1 atom stereocenters. The zero-order valence-corrected chi connectivity index (χ0v) is 16.6. The molecule has 1 aromatic carbocycles. The van der Waals surface area contributed by atoms with Crippen molar-refractivity contribution in [1.82, 2.24) is 24.4 Å². The van der Waals surface area contributed by atoms with Gasteiger partial charge in [-0.05, 0) is 37.0 Å². The molecule has 7 nitrogen and oxygen atoms in total. The number of benzene rings is 1. The largest absolute Gasteiger partial charge is 0.497 e. The van der Waals surface area contributed by atoms with E-state index in [1.54, 1.807) is 32.0 Å². The van der Waals surface area contributed by atoms with Gasteiger partial charge in [0.05, 0.1) is 12.8 Å². The van der Waals surface area contributed by atoms with Crippen molar-refractivity contribution in [2.24, 2.45) is 0 Å². The molecule has 0 radical (unpaired) electrons. The van der Waals surface area contributed by atoms with Gasteiger partial charge < -0.3 is 9.64 Å². The third-order valence-corrected chi connectivity index (χ3v) is 5.40. The molecule has 0 spiro atoms. The van der Waals surface area contributed by atoms with Gasteiger partial charge >= 0.3 is 0 Å². The molecular weight excluding hydrogens is 366 g/mol. The number of imidazole rings is 1. The Morgan fingerprint density at radius 3 is 2.76 bits per heavy atom. The van der Waals surface area contributed by atoms with Crippen LogP contribution in [-0.4, -0.2) is 50.5 Å². The van der Waals surface area contributed by atoms with Crippen LogP contribution in [0.25, 0.3) is 5.82 Å². The first kappa shape index (κ1) is 19.1. The highest BCUT2D eigenvalue weighted by Crippen LogP contribution is 2.29. The Morgan fingerprint density at radius 1 is 1.17 bits per heavy atom. The van der Waals surface area contributed by atoms with E-state index in [0.29, 0.717) is 13.0 Å². The third-order valence-electron chi connectivity index (χ3n) is 5.40. The van der Waals surface area contributed by atoms with E-state index >= 15 is 0 Å². The second kappa shape index (κ2) is 8.86. The van der Waals surface area contributed by atoms with Crippen LogP contribution in [0.1, 0.15) is 36.4 Å². The summed E-state index contributed by atoms with van der Waals surface area (Å²) in [5.41, 5.74) is 2.07. The summed E-state index contributed by atoms with van der Waals surface area (Å²) in [4.78, 5) is 28.0. The van der Waals surface area contributed by atoms with Gasteiger partial charge in [0.15, 0.2) is 5.82 Å². The normalized spacial score (nSPS) is 16.6. The van der Waals surface area contributed by atoms with Gasteiger partial charge in [0.2, 0.25) is 5.91 Å². The maximum Gasteiger partial charge on any atom is 0.222 e. The van der Waals surface area contributed by atoms with E-state index in [-0.39, 0.29) is 11.8 Å². The average Bonchev–Trinajstić information content (AvgIpc) is 3.33. The first-order chi connectivity index (χ1) is 14.2. The van der Waals surface area contributed by atoms with Gasteiger partial charge in [-0.2, -0.15) is 0 Å². The summed E-state index contributed by atoms with van der Waals surface area (Å²) in [5, 5.41) is 0. The summed E-state index contributed by atoms with van der Waals surface area (Å²) >= 11 is 0. The first-order valence-corrected chi connectivity index (χ1v) is 9.94. The quantitative estimate of drug-likeness (QED) is 0.646. The monoisotopic (exact) mass is 391 g/mol. The van der Waals surface area contributed by atoms with Gasteiger partial charge in [-0.25, -0.2) is 9.97 Å². The molecule has 0 unspecified atom stereocenters. The molecule has 3 aromatic rings. The van der Waals surface area contributed by atoms with Crippen molar-refractivity contribution in [2.45, 2.75) is 31.6 Å². The van der Waals surface area contributed by atoms with E-state index in [9.17, 15) is 4.79 Å². The number of methoxy groups -OCH3 is 1. The highest BCUT2D eigenvalue weighted by atomic mass is 16.5. The Labute approximate surface area is 170 Å². The van der Waals surface area contributed by atoms with Crippen molar-refractivity contribution in [3.05, 3.63) is 66.6 Å². The Kier molecular flexibility index (Phi) is 5.84. The molecule has 1 aliphatic heterocycles. The van der Waals surface area contributed by atoms with Crippen LogP contribution < -0.4 is 4.74 Å². The average molecular weight is 391 g/mol. The summed E-state index contributed by atoms with van der Waals surface area (Å²) in [7, 11) is 1.65. The minimum atomic E-state index is 0.180. The molecule has 1 fully saturated rings. The topological polar surface area (TPSA) is 73.1 Å². The van der Waals surface area contributed by atoms with E-state index in [0.717, 1.165) is 48.6 Å². The molecule has 0 aliphatic carbocycles. The third kappa shape index (κ3) is 4.45. The summed E-state index contributed by atoms with van der Waals surface area (Å²) in [6, 6.07) is 7.90. The Bertz CT molecular complexity index is 940. The van der Waals surface area contributed by atoms with Crippen molar-refractivity contribution in [2.75, 3.05) is 20.2 Å². The van der Waals surface area contributed by atoms with Crippen LogP contribution in [0.15, 0.2) is 55.4 Å². The summed E-state index contributed by atoms with van der Waals surface area (Å²) < 4.78 is 7.07. The number of aromatic nitrogens is 4. The molecule has 1 aliphatic rings.